The fourth-order valence-corrected chi connectivity index (χ4v) is 2.34. The van der Waals surface area contributed by atoms with E-state index in [2.05, 4.69) is 10.3 Å². The lowest BCUT2D eigenvalue weighted by atomic mass is 10.1. The molecule has 0 bridgehead atoms. The van der Waals surface area contributed by atoms with Crippen LogP contribution in [0.25, 0.3) is 6.08 Å². The molecule has 0 amide bonds. The van der Waals surface area contributed by atoms with Crippen LogP contribution in [0.1, 0.15) is 15.9 Å². The van der Waals surface area contributed by atoms with Gasteiger partial charge in [-0.1, -0.05) is 11.6 Å². The number of pyridine rings is 1. The van der Waals surface area contributed by atoms with Gasteiger partial charge in [-0.25, -0.2) is 4.98 Å². The fourth-order valence-electron chi connectivity index (χ4n) is 2.21. The van der Waals surface area contributed by atoms with E-state index in [-0.39, 0.29) is 11.5 Å². The summed E-state index contributed by atoms with van der Waals surface area (Å²) in [6.45, 7) is 0. The molecule has 25 heavy (non-hydrogen) atoms. The fraction of sp³-hybridized carbons (Fsp3) is 0. The summed E-state index contributed by atoms with van der Waals surface area (Å²) in [6, 6.07) is 17.1. The average Bonchev–Trinajstić information content (AvgIpc) is 2.63. The number of aromatic nitrogens is 1. The number of phenolic OH excluding ortho intramolecular Hbond substituents is 1. The number of rotatable bonds is 5. The zero-order valence-corrected chi connectivity index (χ0v) is 13.9. The summed E-state index contributed by atoms with van der Waals surface area (Å²) < 4.78 is 0. The third kappa shape index (κ3) is 4.46. The van der Waals surface area contributed by atoms with Gasteiger partial charge in [-0.3, -0.25) is 4.79 Å². The van der Waals surface area contributed by atoms with Crippen molar-refractivity contribution in [1.29, 1.82) is 0 Å². The first-order valence-electron chi connectivity index (χ1n) is 7.61. The maximum Gasteiger partial charge on any atom is 0.185 e. The standard InChI is InChI=1S/C20H15ClN2O2/c21-16-6-3-14(4-7-16)19(25)12-5-15-2-1-13-22-20(15)23-17-8-10-18(24)11-9-17/h1-13,24H,(H,22,23). The second kappa shape index (κ2) is 7.64. The number of carbonyl (C=O) groups is 1. The van der Waals surface area contributed by atoms with Crippen molar-refractivity contribution in [3.05, 3.63) is 89.1 Å². The molecule has 124 valence electrons. The van der Waals surface area contributed by atoms with E-state index in [1.807, 2.05) is 6.07 Å². The second-order valence-electron chi connectivity index (χ2n) is 5.32. The number of hydrogen-bond donors (Lipinski definition) is 2. The Morgan fingerprint density at radius 3 is 2.48 bits per heavy atom. The summed E-state index contributed by atoms with van der Waals surface area (Å²) in [7, 11) is 0. The topological polar surface area (TPSA) is 62.2 Å². The Morgan fingerprint density at radius 1 is 1.04 bits per heavy atom. The van der Waals surface area contributed by atoms with Crippen molar-refractivity contribution >= 4 is 35.0 Å². The van der Waals surface area contributed by atoms with Crippen molar-refractivity contribution in [2.24, 2.45) is 0 Å². The van der Waals surface area contributed by atoms with E-state index in [0.717, 1.165) is 11.3 Å². The van der Waals surface area contributed by atoms with Crippen molar-refractivity contribution in [3.8, 4) is 5.75 Å². The number of hydrogen-bond acceptors (Lipinski definition) is 4. The maximum absolute atomic E-state index is 12.2. The molecule has 0 radical (unpaired) electrons. The second-order valence-corrected chi connectivity index (χ2v) is 5.75. The highest BCUT2D eigenvalue weighted by atomic mass is 35.5. The van der Waals surface area contributed by atoms with Crippen LogP contribution in [0, 0.1) is 0 Å². The number of benzene rings is 2. The Labute approximate surface area is 150 Å². The molecule has 2 N–H and O–H groups in total. The highest BCUT2D eigenvalue weighted by molar-refractivity contribution is 6.30. The van der Waals surface area contributed by atoms with E-state index >= 15 is 0 Å². The predicted octanol–water partition coefficient (Wildman–Crippen LogP) is 5.08. The monoisotopic (exact) mass is 350 g/mol. The van der Waals surface area contributed by atoms with Crippen LogP contribution in [0.3, 0.4) is 0 Å². The Balaban J connectivity index is 1.79. The molecule has 0 atom stereocenters. The molecule has 0 spiro atoms. The molecule has 0 aliphatic rings. The normalized spacial score (nSPS) is 10.8. The van der Waals surface area contributed by atoms with Gasteiger partial charge in [0.25, 0.3) is 0 Å². The van der Waals surface area contributed by atoms with E-state index in [9.17, 15) is 9.90 Å². The van der Waals surface area contributed by atoms with Gasteiger partial charge in [0.05, 0.1) is 0 Å². The Bertz CT molecular complexity index is 904. The lowest BCUT2D eigenvalue weighted by Gasteiger charge is -2.08. The molecule has 0 aliphatic carbocycles. The van der Waals surface area contributed by atoms with Crippen molar-refractivity contribution in [2.45, 2.75) is 0 Å². The SMILES string of the molecule is O=C(C=Cc1cccnc1Nc1ccc(O)cc1)c1ccc(Cl)cc1. The van der Waals surface area contributed by atoms with Gasteiger partial charge in [-0.2, -0.15) is 0 Å². The summed E-state index contributed by atoms with van der Waals surface area (Å²) >= 11 is 5.84. The molecule has 0 unspecified atom stereocenters. The minimum atomic E-state index is -0.115. The number of nitrogens with one attached hydrogen (secondary N) is 1. The van der Waals surface area contributed by atoms with Crippen molar-refractivity contribution in [3.63, 3.8) is 0 Å². The van der Waals surface area contributed by atoms with Crippen LogP contribution in [0.5, 0.6) is 5.75 Å². The highest BCUT2D eigenvalue weighted by Crippen LogP contribution is 2.21. The van der Waals surface area contributed by atoms with E-state index < -0.39 is 0 Å². The molecule has 4 nitrogen and oxygen atoms in total. The average molecular weight is 351 g/mol. The molecular formula is C20H15ClN2O2. The van der Waals surface area contributed by atoms with Crippen LogP contribution in [0.15, 0.2) is 72.9 Å². The molecule has 0 saturated carbocycles. The van der Waals surface area contributed by atoms with Crippen molar-refractivity contribution in [2.75, 3.05) is 5.32 Å². The van der Waals surface area contributed by atoms with Crippen LogP contribution in [-0.4, -0.2) is 15.9 Å². The van der Waals surface area contributed by atoms with Gasteiger partial charge in [0.1, 0.15) is 11.6 Å². The number of carbonyl (C=O) groups excluding carboxylic acids is 1. The summed E-state index contributed by atoms with van der Waals surface area (Å²) in [5.74, 6) is 0.699. The Kier molecular flexibility index (Phi) is 5.11. The van der Waals surface area contributed by atoms with Crippen molar-refractivity contribution in [1.82, 2.24) is 4.98 Å². The van der Waals surface area contributed by atoms with Gasteiger partial charge in [0.2, 0.25) is 0 Å². The molecule has 0 saturated heterocycles. The first kappa shape index (κ1) is 16.7. The number of aromatic hydroxyl groups is 1. The maximum atomic E-state index is 12.2. The molecule has 0 aliphatic heterocycles. The first-order valence-corrected chi connectivity index (χ1v) is 7.99. The van der Waals surface area contributed by atoms with Crippen LogP contribution in [-0.2, 0) is 0 Å². The number of phenols is 1. The van der Waals surface area contributed by atoms with Crippen LogP contribution in [0.2, 0.25) is 5.02 Å². The van der Waals surface area contributed by atoms with Gasteiger partial charge < -0.3 is 10.4 Å². The van der Waals surface area contributed by atoms with Gasteiger partial charge in [0, 0.05) is 28.0 Å². The van der Waals surface area contributed by atoms with Crippen LogP contribution in [0.4, 0.5) is 11.5 Å². The summed E-state index contributed by atoms with van der Waals surface area (Å²) in [5, 5.41) is 13.1. The van der Waals surface area contributed by atoms with Gasteiger partial charge in [0.15, 0.2) is 5.78 Å². The number of anilines is 2. The lowest BCUT2D eigenvalue weighted by molar-refractivity contribution is 0.104. The summed E-state index contributed by atoms with van der Waals surface area (Å²) in [6.07, 6.45) is 4.88. The van der Waals surface area contributed by atoms with Gasteiger partial charge in [-0.05, 0) is 72.8 Å². The van der Waals surface area contributed by atoms with E-state index in [4.69, 9.17) is 11.6 Å². The van der Waals surface area contributed by atoms with E-state index in [1.54, 1.807) is 66.9 Å². The summed E-state index contributed by atoms with van der Waals surface area (Å²) in [4.78, 5) is 16.5. The molecule has 5 heteroatoms. The van der Waals surface area contributed by atoms with E-state index in [0.29, 0.717) is 16.4 Å². The molecule has 3 rings (SSSR count). The lowest BCUT2D eigenvalue weighted by Crippen LogP contribution is -1.97. The number of ketones is 1. The molecular weight excluding hydrogens is 336 g/mol. The zero-order chi connectivity index (χ0) is 17.6. The van der Waals surface area contributed by atoms with Gasteiger partial charge >= 0.3 is 0 Å². The number of halogens is 1. The first-order chi connectivity index (χ1) is 12.1. The summed E-state index contributed by atoms with van der Waals surface area (Å²) in [5.41, 5.74) is 2.13. The molecule has 1 aromatic heterocycles. The molecule has 1 heterocycles. The van der Waals surface area contributed by atoms with Crippen LogP contribution >= 0.6 is 11.6 Å². The molecule has 3 aromatic rings. The largest absolute Gasteiger partial charge is 0.508 e. The predicted molar refractivity (Wildman–Crippen MR) is 100 cm³/mol. The van der Waals surface area contributed by atoms with Gasteiger partial charge in [-0.15, -0.1) is 0 Å². The number of nitrogens with zero attached hydrogens (tertiary/aromatic N) is 1. The quantitative estimate of drug-likeness (QED) is 0.382. The van der Waals surface area contributed by atoms with Crippen molar-refractivity contribution < 1.29 is 9.90 Å². The highest BCUT2D eigenvalue weighted by Gasteiger charge is 2.04. The molecule has 2 aromatic carbocycles. The Morgan fingerprint density at radius 2 is 1.76 bits per heavy atom. The third-order valence-corrected chi connectivity index (χ3v) is 3.76. The minimum absolute atomic E-state index is 0.115. The van der Waals surface area contributed by atoms with Crippen LogP contribution < -0.4 is 5.32 Å². The minimum Gasteiger partial charge on any atom is -0.508 e. The zero-order valence-electron chi connectivity index (χ0n) is 13.2. The Hall–Kier alpha value is -3.11. The third-order valence-electron chi connectivity index (χ3n) is 3.51. The molecule has 0 fully saturated rings. The van der Waals surface area contributed by atoms with E-state index in [1.165, 1.54) is 6.08 Å². The number of allylic oxidation sites excluding steroid dienone is 1. The smallest absolute Gasteiger partial charge is 0.185 e.